The lowest BCUT2D eigenvalue weighted by atomic mass is 10.1. The largest absolute Gasteiger partial charge is 0.356 e. The quantitative estimate of drug-likeness (QED) is 0.596. The van der Waals surface area contributed by atoms with Crippen molar-refractivity contribution in [3.8, 4) is 11.3 Å². The highest BCUT2D eigenvalue weighted by Gasteiger charge is 2.13. The summed E-state index contributed by atoms with van der Waals surface area (Å²) >= 11 is 0. The monoisotopic (exact) mass is 347 g/mol. The Morgan fingerprint density at radius 2 is 1.85 bits per heavy atom. The van der Waals surface area contributed by atoms with Crippen LogP contribution in [0, 0.1) is 6.92 Å². The zero-order valence-corrected chi connectivity index (χ0v) is 14.2. The van der Waals surface area contributed by atoms with Crippen molar-refractivity contribution in [1.82, 2.24) is 15.6 Å². The Bertz CT molecular complexity index is 1050. The number of hydrogen-bond acceptors (Lipinski definition) is 5. The third kappa shape index (κ3) is 3.35. The molecular weight excluding hydrogens is 330 g/mol. The molecule has 2 aromatic heterocycles. The first kappa shape index (κ1) is 16.1. The van der Waals surface area contributed by atoms with Crippen LogP contribution in [0.25, 0.3) is 22.3 Å². The highest BCUT2D eigenvalue weighted by Crippen LogP contribution is 2.21. The van der Waals surface area contributed by atoms with E-state index in [-0.39, 0.29) is 12.3 Å². The van der Waals surface area contributed by atoms with Gasteiger partial charge in [-0.2, -0.15) is 0 Å². The second-order valence-corrected chi connectivity index (χ2v) is 6.13. The molecule has 0 saturated heterocycles. The van der Waals surface area contributed by atoms with E-state index in [2.05, 4.69) is 15.6 Å². The molecule has 0 radical (unpaired) electrons. The summed E-state index contributed by atoms with van der Waals surface area (Å²) in [5.41, 5.74) is 4.10. The summed E-state index contributed by atoms with van der Waals surface area (Å²) in [6.07, 6.45) is 0.152. The first-order valence-electron chi connectivity index (χ1n) is 8.32. The molecule has 2 heterocycles. The number of nitrogens with zero attached hydrogens (tertiary/aromatic N) is 2. The lowest BCUT2D eigenvalue weighted by Crippen LogP contribution is -2.24. The van der Waals surface area contributed by atoms with Gasteiger partial charge in [0.2, 0.25) is 5.91 Å². The van der Waals surface area contributed by atoms with Gasteiger partial charge < -0.3 is 14.4 Å². The predicted molar refractivity (Wildman–Crippen MR) is 96.2 cm³/mol. The Kier molecular flexibility index (Phi) is 4.23. The third-order valence-corrected chi connectivity index (χ3v) is 4.14. The minimum absolute atomic E-state index is 0.149. The number of carbonyl (C=O) groups excluding carboxylic acids is 1. The van der Waals surface area contributed by atoms with Crippen molar-refractivity contribution in [2.24, 2.45) is 0 Å². The van der Waals surface area contributed by atoms with Crippen molar-refractivity contribution in [2.75, 3.05) is 0 Å². The number of para-hydroxylation sites is 1. The zero-order chi connectivity index (χ0) is 17.9. The van der Waals surface area contributed by atoms with Crippen LogP contribution in [-0.4, -0.2) is 16.2 Å². The van der Waals surface area contributed by atoms with Crippen LogP contribution in [-0.2, 0) is 17.8 Å². The molecule has 0 aliphatic rings. The summed E-state index contributed by atoms with van der Waals surface area (Å²) < 4.78 is 10.6. The van der Waals surface area contributed by atoms with Crippen LogP contribution >= 0.6 is 0 Å². The van der Waals surface area contributed by atoms with Crippen molar-refractivity contribution >= 4 is 16.9 Å². The molecule has 0 saturated carbocycles. The summed E-state index contributed by atoms with van der Waals surface area (Å²) in [6, 6.07) is 17.3. The smallest absolute Gasteiger partial charge is 0.226 e. The van der Waals surface area contributed by atoms with E-state index in [1.54, 1.807) is 0 Å². The lowest BCUT2D eigenvalue weighted by Gasteiger charge is -2.00. The van der Waals surface area contributed by atoms with Gasteiger partial charge in [-0.25, -0.2) is 0 Å². The van der Waals surface area contributed by atoms with Gasteiger partial charge in [0.05, 0.1) is 13.0 Å². The first-order chi connectivity index (χ1) is 12.7. The van der Waals surface area contributed by atoms with E-state index in [0.29, 0.717) is 29.3 Å². The molecular formula is C20H17N3O3. The molecule has 130 valence electrons. The van der Waals surface area contributed by atoms with Gasteiger partial charge in [0, 0.05) is 17.0 Å². The predicted octanol–water partition coefficient (Wildman–Crippen LogP) is 3.65. The normalized spacial score (nSPS) is 11.0. The fourth-order valence-electron chi connectivity index (χ4n) is 2.72. The van der Waals surface area contributed by atoms with E-state index in [1.165, 1.54) is 5.56 Å². The summed E-state index contributed by atoms with van der Waals surface area (Å²) in [6.45, 7) is 2.33. The van der Waals surface area contributed by atoms with Gasteiger partial charge in [0.15, 0.2) is 11.3 Å². The second-order valence-electron chi connectivity index (χ2n) is 6.13. The number of aryl methyl sites for hydroxylation is 1. The molecule has 1 N–H and O–H groups in total. The molecule has 26 heavy (non-hydrogen) atoms. The SMILES string of the molecule is Cc1ccc(-c2cc(CNC(=O)Cc3noc4ccccc34)no2)cc1. The molecule has 0 atom stereocenters. The molecule has 0 bridgehead atoms. The molecule has 0 fully saturated rings. The molecule has 2 aromatic carbocycles. The van der Waals surface area contributed by atoms with E-state index in [0.717, 1.165) is 10.9 Å². The molecule has 4 rings (SSSR count). The number of fused-ring (bicyclic) bond motifs is 1. The Morgan fingerprint density at radius 1 is 1.04 bits per heavy atom. The number of hydrogen-bond donors (Lipinski definition) is 1. The lowest BCUT2D eigenvalue weighted by molar-refractivity contribution is -0.120. The van der Waals surface area contributed by atoms with Crippen LogP contribution in [0.5, 0.6) is 0 Å². The van der Waals surface area contributed by atoms with Crippen LogP contribution in [0.15, 0.2) is 63.6 Å². The van der Waals surface area contributed by atoms with Crippen LogP contribution in [0.3, 0.4) is 0 Å². The summed E-state index contributed by atoms with van der Waals surface area (Å²) in [7, 11) is 0. The fourth-order valence-corrected chi connectivity index (χ4v) is 2.72. The van der Waals surface area contributed by atoms with Crippen LogP contribution in [0.1, 0.15) is 17.0 Å². The molecule has 4 aromatic rings. The molecule has 0 unspecified atom stereocenters. The van der Waals surface area contributed by atoms with Gasteiger partial charge in [-0.05, 0) is 19.1 Å². The summed E-state index contributed by atoms with van der Waals surface area (Å²) in [5.74, 6) is 0.528. The molecule has 0 aliphatic heterocycles. The topological polar surface area (TPSA) is 81.2 Å². The van der Waals surface area contributed by atoms with E-state index < -0.39 is 0 Å². The van der Waals surface area contributed by atoms with Gasteiger partial charge in [0.25, 0.3) is 0 Å². The minimum atomic E-state index is -0.149. The molecule has 6 heteroatoms. The zero-order valence-electron chi connectivity index (χ0n) is 14.2. The summed E-state index contributed by atoms with van der Waals surface area (Å²) in [5, 5.41) is 11.7. The van der Waals surface area contributed by atoms with Crippen molar-refractivity contribution < 1.29 is 13.8 Å². The average Bonchev–Trinajstić information content (AvgIpc) is 3.28. The second kappa shape index (κ2) is 6.84. The minimum Gasteiger partial charge on any atom is -0.356 e. The van der Waals surface area contributed by atoms with Crippen molar-refractivity contribution in [3.63, 3.8) is 0 Å². The maximum absolute atomic E-state index is 12.2. The number of aromatic nitrogens is 2. The van der Waals surface area contributed by atoms with E-state index >= 15 is 0 Å². The van der Waals surface area contributed by atoms with Gasteiger partial charge in [-0.1, -0.05) is 52.3 Å². The van der Waals surface area contributed by atoms with Gasteiger partial charge in [-0.3, -0.25) is 4.79 Å². The number of carbonyl (C=O) groups is 1. The highest BCUT2D eigenvalue weighted by atomic mass is 16.5. The summed E-state index contributed by atoms with van der Waals surface area (Å²) in [4.78, 5) is 12.2. The number of rotatable bonds is 5. The molecule has 6 nitrogen and oxygen atoms in total. The standard InChI is InChI=1S/C20H17N3O3/c1-13-6-8-14(9-7-13)19-10-15(22-26-19)12-21-20(24)11-17-16-4-2-3-5-18(16)25-23-17/h2-10H,11-12H2,1H3,(H,21,24). The van der Waals surface area contributed by atoms with E-state index in [1.807, 2.05) is 61.5 Å². The average molecular weight is 347 g/mol. The Morgan fingerprint density at radius 3 is 2.69 bits per heavy atom. The third-order valence-electron chi connectivity index (χ3n) is 4.14. The Labute approximate surface area is 149 Å². The van der Waals surface area contributed by atoms with Gasteiger partial charge in [-0.15, -0.1) is 0 Å². The fraction of sp³-hybridized carbons (Fsp3) is 0.150. The Hall–Kier alpha value is -3.41. The van der Waals surface area contributed by atoms with Crippen LogP contribution in [0.2, 0.25) is 0 Å². The van der Waals surface area contributed by atoms with Crippen LogP contribution < -0.4 is 5.32 Å². The van der Waals surface area contributed by atoms with Crippen LogP contribution in [0.4, 0.5) is 0 Å². The number of nitrogens with one attached hydrogen (secondary N) is 1. The number of amides is 1. The molecule has 0 spiro atoms. The van der Waals surface area contributed by atoms with Gasteiger partial charge in [0.1, 0.15) is 11.4 Å². The first-order valence-corrected chi connectivity index (χ1v) is 8.32. The van der Waals surface area contributed by atoms with E-state index in [4.69, 9.17) is 9.05 Å². The maximum atomic E-state index is 12.2. The van der Waals surface area contributed by atoms with Gasteiger partial charge >= 0.3 is 0 Å². The van der Waals surface area contributed by atoms with Crippen molar-refractivity contribution in [1.29, 1.82) is 0 Å². The molecule has 1 amide bonds. The maximum Gasteiger partial charge on any atom is 0.226 e. The number of benzene rings is 2. The van der Waals surface area contributed by atoms with E-state index in [9.17, 15) is 4.79 Å². The Balaban J connectivity index is 1.38. The van der Waals surface area contributed by atoms with Crippen molar-refractivity contribution in [2.45, 2.75) is 19.9 Å². The van der Waals surface area contributed by atoms with Crippen molar-refractivity contribution in [3.05, 3.63) is 71.5 Å². The molecule has 0 aliphatic carbocycles. The highest BCUT2D eigenvalue weighted by molar-refractivity contribution is 5.86.